The van der Waals surface area contributed by atoms with Crippen LogP contribution in [0.1, 0.15) is 23.1 Å². The second-order valence-electron chi connectivity index (χ2n) is 4.58. The van der Waals surface area contributed by atoms with Crippen molar-refractivity contribution in [3.8, 4) is 0 Å². The lowest BCUT2D eigenvalue weighted by Gasteiger charge is -2.13. The molecule has 2 heterocycles. The van der Waals surface area contributed by atoms with Crippen molar-refractivity contribution in [1.29, 1.82) is 0 Å². The number of hydrogen-bond acceptors (Lipinski definition) is 4. The molecule has 0 aliphatic heterocycles. The molecule has 0 spiro atoms. The summed E-state index contributed by atoms with van der Waals surface area (Å²) < 4.78 is 19.2. The SMILES string of the molecule is CNC(c1cnccn1)c1oc2ccc(F)cc2c1C. The van der Waals surface area contributed by atoms with Crippen molar-refractivity contribution in [2.24, 2.45) is 0 Å². The van der Waals surface area contributed by atoms with E-state index in [4.69, 9.17) is 4.42 Å². The first-order valence-electron chi connectivity index (χ1n) is 6.32. The Bertz CT molecular complexity index is 739. The van der Waals surface area contributed by atoms with Crippen molar-refractivity contribution in [2.75, 3.05) is 7.05 Å². The van der Waals surface area contributed by atoms with Gasteiger partial charge in [0.15, 0.2) is 0 Å². The van der Waals surface area contributed by atoms with E-state index in [1.54, 1.807) is 24.7 Å². The number of aryl methyl sites for hydroxylation is 1. The molecule has 0 amide bonds. The smallest absolute Gasteiger partial charge is 0.134 e. The van der Waals surface area contributed by atoms with E-state index in [0.29, 0.717) is 5.58 Å². The highest BCUT2D eigenvalue weighted by atomic mass is 19.1. The summed E-state index contributed by atoms with van der Waals surface area (Å²) >= 11 is 0. The first-order valence-corrected chi connectivity index (χ1v) is 6.32. The Balaban J connectivity index is 2.15. The maximum atomic E-state index is 13.4. The Kier molecular flexibility index (Phi) is 3.20. The summed E-state index contributed by atoms with van der Waals surface area (Å²) in [6, 6.07) is 4.32. The highest BCUT2D eigenvalue weighted by Crippen LogP contribution is 2.32. The first-order chi connectivity index (χ1) is 9.70. The van der Waals surface area contributed by atoms with E-state index in [-0.39, 0.29) is 11.9 Å². The minimum Gasteiger partial charge on any atom is -0.459 e. The van der Waals surface area contributed by atoms with Crippen molar-refractivity contribution in [1.82, 2.24) is 15.3 Å². The Hall–Kier alpha value is -2.27. The lowest BCUT2D eigenvalue weighted by atomic mass is 10.1. The quantitative estimate of drug-likeness (QED) is 0.795. The van der Waals surface area contributed by atoms with Crippen molar-refractivity contribution in [2.45, 2.75) is 13.0 Å². The van der Waals surface area contributed by atoms with Crippen LogP contribution in [0.15, 0.2) is 41.2 Å². The molecule has 4 nitrogen and oxygen atoms in total. The molecule has 102 valence electrons. The van der Waals surface area contributed by atoms with Crippen LogP contribution in [0.25, 0.3) is 11.0 Å². The third-order valence-corrected chi connectivity index (χ3v) is 3.36. The van der Waals surface area contributed by atoms with Gasteiger partial charge in [-0.3, -0.25) is 9.97 Å². The maximum Gasteiger partial charge on any atom is 0.134 e. The third-order valence-electron chi connectivity index (χ3n) is 3.36. The zero-order chi connectivity index (χ0) is 14.1. The van der Waals surface area contributed by atoms with Gasteiger partial charge >= 0.3 is 0 Å². The van der Waals surface area contributed by atoms with Crippen molar-refractivity contribution in [3.63, 3.8) is 0 Å². The molecule has 0 radical (unpaired) electrons. The van der Waals surface area contributed by atoms with Gasteiger partial charge in [-0.2, -0.15) is 0 Å². The molecule has 20 heavy (non-hydrogen) atoms. The third kappa shape index (κ3) is 2.06. The molecule has 0 saturated heterocycles. The van der Waals surface area contributed by atoms with Gasteiger partial charge in [0, 0.05) is 23.3 Å². The normalized spacial score (nSPS) is 12.8. The Morgan fingerprint density at radius 3 is 2.85 bits per heavy atom. The second-order valence-corrected chi connectivity index (χ2v) is 4.58. The van der Waals surface area contributed by atoms with Gasteiger partial charge in [0.05, 0.1) is 11.9 Å². The molecule has 1 aromatic carbocycles. The van der Waals surface area contributed by atoms with E-state index < -0.39 is 0 Å². The molecule has 2 aromatic heterocycles. The minimum absolute atomic E-state index is 0.209. The van der Waals surface area contributed by atoms with Crippen LogP contribution in [0.4, 0.5) is 4.39 Å². The van der Waals surface area contributed by atoms with Gasteiger partial charge in [0.1, 0.15) is 23.2 Å². The monoisotopic (exact) mass is 271 g/mol. The molecule has 0 bridgehead atoms. The maximum absolute atomic E-state index is 13.4. The summed E-state index contributed by atoms with van der Waals surface area (Å²) in [7, 11) is 1.83. The lowest BCUT2D eigenvalue weighted by molar-refractivity contribution is 0.481. The zero-order valence-electron chi connectivity index (χ0n) is 11.2. The van der Waals surface area contributed by atoms with Gasteiger partial charge in [-0.25, -0.2) is 4.39 Å². The lowest BCUT2D eigenvalue weighted by Crippen LogP contribution is -2.19. The molecular formula is C15H14FN3O. The number of nitrogens with zero attached hydrogens (tertiary/aromatic N) is 2. The van der Waals surface area contributed by atoms with E-state index in [0.717, 1.165) is 22.4 Å². The predicted octanol–water partition coefficient (Wildman–Crippen LogP) is 2.98. The van der Waals surface area contributed by atoms with Crippen LogP contribution in [0.5, 0.6) is 0 Å². The van der Waals surface area contributed by atoms with Crippen LogP contribution in [0, 0.1) is 12.7 Å². The molecule has 0 fully saturated rings. The fourth-order valence-corrected chi connectivity index (χ4v) is 2.36. The van der Waals surface area contributed by atoms with Crippen LogP contribution in [-0.2, 0) is 0 Å². The standard InChI is InChI=1S/C15H14FN3O/c1-9-11-7-10(16)3-4-13(11)20-15(9)14(17-2)12-8-18-5-6-19-12/h3-8,14,17H,1-2H3. The molecule has 5 heteroatoms. The number of nitrogens with one attached hydrogen (secondary N) is 1. The fourth-order valence-electron chi connectivity index (χ4n) is 2.36. The first kappa shape index (κ1) is 12.7. The van der Waals surface area contributed by atoms with Crippen LogP contribution in [0.2, 0.25) is 0 Å². The average Bonchev–Trinajstić information content (AvgIpc) is 2.78. The van der Waals surface area contributed by atoms with Crippen molar-refractivity contribution in [3.05, 3.63) is 59.6 Å². The largest absolute Gasteiger partial charge is 0.459 e. The topological polar surface area (TPSA) is 51.0 Å². The summed E-state index contributed by atoms with van der Waals surface area (Å²) in [4.78, 5) is 8.37. The molecule has 0 aliphatic rings. The van der Waals surface area contributed by atoms with E-state index in [1.165, 1.54) is 12.1 Å². The molecule has 0 saturated carbocycles. The number of halogens is 1. The molecule has 1 unspecified atom stereocenters. The van der Waals surface area contributed by atoms with Crippen molar-refractivity contribution < 1.29 is 8.81 Å². The summed E-state index contributed by atoms with van der Waals surface area (Å²) in [5.41, 5.74) is 2.34. The highest BCUT2D eigenvalue weighted by molar-refractivity contribution is 5.82. The molecule has 1 N–H and O–H groups in total. The van der Waals surface area contributed by atoms with Gasteiger partial charge in [0.2, 0.25) is 0 Å². The van der Waals surface area contributed by atoms with Crippen LogP contribution >= 0.6 is 0 Å². The van der Waals surface area contributed by atoms with E-state index >= 15 is 0 Å². The molecule has 1 atom stereocenters. The molecule has 3 rings (SSSR count). The van der Waals surface area contributed by atoms with E-state index in [9.17, 15) is 4.39 Å². The summed E-state index contributed by atoms with van der Waals surface area (Å²) in [6.07, 6.45) is 4.95. The number of hydrogen-bond donors (Lipinski definition) is 1. The number of rotatable bonds is 3. The summed E-state index contributed by atoms with van der Waals surface area (Å²) in [5, 5.41) is 3.94. The fraction of sp³-hybridized carbons (Fsp3) is 0.200. The average molecular weight is 271 g/mol. The van der Waals surface area contributed by atoms with Gasteiger partial charge in [-0.1, -0.05) is 0 Å². The van der Waals surface area contributed by atoms with Gasteiger partial charge in [0.25, 0.3) is 0 Å². The second kappa shape index (κ2) is 5.02. The summed E-state index contributed by atoms with van der Waals surface area (Å²) in [5.74, 6) is 0.460. The predicted molar refractivity (Wildman–Crippen MR) is 73.8 cm³/mol. The highest BCUT2D eigenvalue weighted by Gasteiger charge is 2.22. The van der Waals surface area contributed by atoms with Gasteiger partial charge in [-0.05, 0) is 32.2 Å². The molecule has 0 aliphatic carbocycles. The number of fused-ring (bicyclic) bond motifs is 1. The van der Waals surface area contributed by atoms with E-state index in [2.05, 4.69) is 15.3 Å². The zero-order valence-corrected chi connectivity index (χ0v) is 11.2. The van der Waals surface area contributed by atoms with E-state index in [1.807, 2.05) is 14.0 Å². The summed E-state index contributed by atoms with van der Waals surface area (Å²) in [6.45, 7) is 1.92. The Labute approximate surface area is 115 Å². The Morgan fingerprint density at radius 1 is 1.30 bits per heavy atom. The van der Waals surface area contributed by atoms with Crippen LogP contribution < -0.4 is 5.32 Å². The minimum atomic E-state index is -0.270. The van der Waals surface area contributed by atoms with Gasteiger partial charge < -0.3 is 9.73 Å². The number of aromatic nitrogens is 2. The van der Waals surface area contributed by atoms with Crippen LogP contribution in [-0.4, -0.2) is 17.0 Å². The van der Waals surface area contributed by atoms with Gasteiger partial charge in [-0.15, -0.1) is 0 Å². The van der Waals surface area contributed by atoms with Crippen molar-refractivity contribution >= 4 is 11.0 Å². The Morgan fingerprint density at radius 2 is 2.15 bits per heavy atom. The van der Waals surface area contributed by atoms with Crippen LogP contribution in [0.3, 0.4) is 0 Å². The number of benzene rings is 1. The molecular weight excluding hydrogens is 257 g/mol. The molecule has 3 aromatic rings. The number of furan rings is 1.